The molecule has 3 aromatic carbocycles. The van der Waals surface area contributed by atoms with E-state index in [4.69, 9.17) is 0 Å². The van der Waals surface area contributed by atoms with E-state index >= 15 is 0 Å². The third kappa shape index (κ3) is 1.31. The molecule has 20 heavy (non-hydrogen) atoms. The Balaban J connectivity index is 2.21. The van der Waals surface area contributed by atoms with Gasteiger partial charge in [0, 0.05) is 5.41 Å². The molecule has 1 aliphatic rings. The summed E-state index contributed by atoms with van der Waals surface area (Å²) in [5.74, 6) is 0. The minimum Gasteiger partial charge on any atom is -0.0619 e. The van der Waals surface area contributed by atoms with Crippen LogP contribution in [0, 0.1) is 6.92 Å². The topological polar surface area (TPSA) is 0 Å². The van der Waals surface area contributed by atoms with Crippen LogP contribution in [-0.2, 0) is 5.41 Å². The van der Waals surface area contributed by atoms with Gasteiger partial charge in [0.1, 0.15) is 0 Å². The molecule has 0 saturated heterocycles. The number of hydrogen-bond donors (Lipinski definition) is 0. The van der Waals surface area contributed by atoms with E-state index in [1.165, 1.54) is 38.6 Å². The summed E-state index contributed by atoms with van der Waals surface area (Å²) in [5.41, 5.74) is 7.29. The summed E-state index contributed by atoms with van der Waals surface area (Å²) in [4.78, 5) is 0. The Morgan fingerprint density at radius 1 is 0.800 bits per heavy atom. The van der Waals surface area contributed by atoms with Crippen molar-refractivity contribution >= 4 is 10.8 Å². The minimum absolute atomic E-state index is 0.0979. The van der Waals surface area contributed by atoms with E-state index in [2.05, 4.69) is 75.4 Å². The first-order chi connectivity index (χ1) is 9.60. The highest BCUT2D eigenvalue weighted by Crippen LogP contribution is 2.51. The smallest absolute Gasteiger partial charge is 0.0159 e. The van der Waals surface area contributed by atoms with Gasteiger partial charge in [-0.25, -0.2) is 0 Å². The predicted octanol–water partition coefficient (Wildman–Crippen LogP) is 5.45. The Morgan fingerprint density at radius 3 is 2.35 bits per heavy atom. The highest BCUT2D eigenvalue weighted by Gasteiger charge is 2.36. The zero-order chi connectivity index (χ0) is 13.9. The summed E-state index contributed by atoms with van der Waals surface area (Å²) >= 11 is 0. The molecule has 98 valence electrons. The largest absolute Gasteiger partial charge is 0.0619 e. The van der Waals surface area contributed by atoms with Crippen molar-refractivity contribution < 1.29 is 0 Å². The maximum Gasteiger partial charge on any atom is 0.0159 e. The standard InChI is InChI=1S/C20H18/c1-13-15-9-5-4-8-14(15)12-18-19(13)16-10-6-7-11-17(16)20(18,2)3/h4-12H,1-3H3. The molecule has 0 amide bonds. The van der Waals surface area contributed by atoms with Crippen LogP contribution in [0.4, 0.5) is 0 Å². The van der Waals surface area contributed by atoms with Crippen molar-refractivity contribution in [2.24, 2.45) is 0 Å². The van der Waals surface area contributed by atoms with Crippen molar-refractivity contribution in [3.63, 3.8) is 0 Å². The first kappa shape index (κ1) is 11.7. The van der Waals surface area contributed by atoms with E-state index < -0.39 is 0 Å². The second-order valence-corrected chi connectivity index (χ2v) is 6.32. The minimum atomic E-state index is 0.0979. The molecule has 0 heteroatoms. The highest BCUT2D eigenvalue weighted by molar-refractivity contribution is 5.97. The molecule has 1 aliphatic carbocycles. The number of benzene rings is 3. The number of rotatable bonds is 0. The van der Waals surface area contributed by atoms with Crippen LogP contribution in [-0.4, -0.2) is 0 Å². The Morgan fingerprint density at radius 2 is 1.50 bits per heavy atom. The summed E-state index contributed by atoms with van der Waals surface area (Å²) in [6.45, 7) is 6.94. The summed E-state index contributed by atoms with van der Waals surface area (Å²) in [6.07, 6.45) is 0. The summed E-state index contributed by atoms with van der Waals surface area (Å²) in [5, 5.41) is 2.73. The molecule has 0 aromatic heterocycles. The van der Waals surface area contributed by atoms with Crippen LogP contribution in [0.25, 0.3) is 21.9 Å². The molecule has 4 rings (SSSR count). The first-order valence-electron chi connectivity index (χ1n) is 7.23. The van der Waals surface area contributed by atoms with Crippen LogP contribution in [0.5, 0.6) is 0 Å². The molecule has 0 heterocycles. The van der Waals surface area contributed by atoms with Crippen molar-refractivity contribution in [1.29, 1.82) is 0 Å². The lowest BCUT2D eigenvalue weighted by Gasteiger charge is -2.22. The fraction of sp³-hybridized carbons (Fsp3) is 0.200. The molecule has 0 saturated carbocycles. The van der Waals surface area contributed by atoms with Crippen LogP contribution < -0.4 is 0 Å². The van der Waals surface area contributed by atoms with E-state index in [-0.39, 0.29) is 5.41 Å². The molecule has 0 spiro atoms. The Bertz CT molecular complexity index is 838. The molecular weight excluding hydrogens is 240 g/mol. The van der Waals surface area contributed by atoms with Crippen molar-refractivity contribution in [2.45, 2.75) is 26.2 Å². The molecule has 0 fully saturated rings. The van der Waals surface area contributed by atoms with Gasteiger partial charge in [-0.05, 0) is 51.6 Å². The van der Waals surface area contributed by atoms with Crippen LogP contribution in [0.15, 0.2) is 54.6 Å². The van der Waals surface area contributed by atoms with Crippen LogP contribution >= 0.6 is 0 Å². The molecule has 0 aliphatic heterocycles. The van der Waals surface area contributed by atoms with Gasteiger partial charge in [-0.2, -0.15) is 0 Å². The van der Waals surface area contributed by atoms with Gasteiger partial charge in [0.05, 0.1) is 0 Å². The van der Waals surface area contributed by atoms with Gasteiger partial charge in [0.15, 0.2) is 0 Å². The van der Waals surface area contributed by atoms with Crippen LogP contribution in [0.3, 0.4) is 0 Å². The number of hydrogen-bond acceptors (Lipinski definition) is 0. The van der Waals surface area contributed by atoms with Crippen molar-refractivity contribution in [1.82, 2.24) is 0 Å². The molecule has 0 nitrogen and oxygen atoms in total. The lowest BCUT2D eigenvalue weighted by atomic mass is 9.81. The van der Waals surface area contributed by atoms with E-state index in [1.807, 2.05) is 0 Å². The zero-order valence-corrected chi connectivity index (χ0v) is 12.2. The molecule has 0 atom stereocenters. The fourth-order valence-electron chi connectivity index (χ4n) is 3.76. The Labute approximate surface area is 120 Å². The Kier molecular flexibility index (Phi) is 2.18. The second kappa shape index (κ2) is 3.73. The fourth-order valence-corrected chi connectivity index (χ4v) is 3.76. The van der Waals surface area contributed by atoms with Crippen LogP contribution in [0.1, 0.15) is 30.5 Å². The average Bonchev–Trinajstić information content (AvgIpc) is 2.69. The average molecular weight is 258 g/mol. The third-order valence-electron chi connectivity index (χ3n) is 4.85. The highest BCUT2D eigenvalue weighted by atomic mass is 14.4. The second-order valence-electron chi connectivity index (χ2n) is 6.32. The summed E-state index contributed by atoms with van der Waals surface area (Å²) in [6, 6.07) is 20.0. The third-order valence-corrected chi connectivity index (χ3v) is 4.85. The van der Waals surface area contributed by atoms with Crippen molar-refractivity contribution in [2.75, 3.05) is 0 Å². The predicted molar refractivity (Wildman–Crippen MR) is 86.2 cm³/mol. The van der Waals surface area contributed by atoms with E-state index in [9.17, 15) is 0 Å². The summed E-state index contributed by atoms with van der Waals surface area (Å²) < 4.78 is 0. The van der Waals surface area contributed by atoms with Gasteiger partial charge >= 0.3 is 0 Å². The Hall–Kier alpha value is -2.08. The van der Waals surface area contributed by atoms with Gasteiger partial charge in [0.25, 0.3) is 0 Å². The monoisotopic (exact) mass is 258 g/mol. The quantitative estimate of drug-likeness (QED) is 0.502. The molecule has 0 unspecified atom stereocenters. The lowest BCUT2D eigenvalue weighted by Crippen LogP contribution is -2.14. The lowest BCUT2D eigenvalue weighted by molar-refractivity contribution is 0.661. The maximum atomic E-state index is 2.39. The van der Waals surface area contributed by atoms with E-state index in [1.54, 1.807) is 0 Å². The maximum absolute atomic E-state index is 2.39. The molecular formula is C20H18. The molecule has 3 aromatic rings. The molecule has 0 bridgehead atoms. The van der Waals surface area contributed by atoms with Crippen molar-refractivity contribution in [3.05, 3.63) is 71.3 Å². The van der Waals surface area contributed by atoms with Gasteiger partial charge in [-0.3, -0.25) is 0 Å². The normalized spacial score (nSPS) is 15.2. The molecule has 0 radical (unpaired) electrons. The zero-order valence-electron chi connectivity index (χ0n) is 12.2. The number of aryl methyl sites for hydroxylation is 1. The first-order valence-corrected chi connectivity index (χ1v) is 7.23. The SMILES string of the molecule is Cc1c2c(cc3ccccc13)C(C)(C)c1ccccc1-2. The summed E-state index contributed by atoms with van der Waals surface area (Å²) in [7, 11) is 0. The van der Waals surface area contributed by atoms with Gasteiger partial charge in [0.2, 0.25) is 0 Å². The van der Waals surface area contributed by atoms with E-state index in [0.717, 1.165) is 0 Å². The van der Waals surface area contributed by atoms with Gasteiger partial charge in [-0.1, -0.05) is 62.4 Å². The number of fused-ring (bicyclic) bond motifs is 4. The van der Waals surface area contributed by atoms with Gasteiger partial charge < -0.3 is 0 Å². The van der Waals surface area contributed by atoms with Crippen molar-refractivity contribution in [3.8, 4) is 11.1 Å². The van der Waals surface area contributed by atoms with E-state index in [0.29, 0.717) is 0 Å². The molecule has 0 N–H and O–H groups in total. The van der Waals surface area contributed by atoms with Crippen LogP contribution in [0.2, 0.25) is 0 Å². The van der Waals surface area contributed by atoms with Gasteiger partial charge in [-0.15, -0.1) is 0 Å².